The first-order valence-electron chi connectivity index (χ1n) is 11.0. The second kappa shape index (κ2) is 11.6. The molecule has 0 N–H and O–H groups in total. The highest BCUT2D eigenvalue weighted by Crippen LogP contribution is 2.31. The summed E-state index contributed by atoms with van der Waals surface area (Å²) in [6, 6.07) is 30.4. The smallest absolute Gasteiger partial charge is 0.129 e. The van der Waals surface area contributed by atoms with Crippen molar-refractivity contribution in [2.24, 2.45) is 0 Å². The molecule has 32 heavy (non-hydrogen) atoms. The quantitative estimate of drug-likeness (QED) is 0.442. The Hall–Kier alpha value is -2.15. The largest absolute Gasteiger partial charge is 0.368 e. The maximum absolute atomic E-state index is 6.43. The molecule has 4 rings (SSSR count). The third kappa shape index (κ3) is 6.21. The first kappa shape index (κ1) is 23.0. The summed E-state index contributed by atoms with van der Waals surface area (Å²) in [6.07, 6.45) is -1.17. The maximum Gasteiger partial charge on any atom is 0.129 e. The van der Waals surface area contributed by atoms with Gasteiger partial charge in [-0.2, -0.15) is 0 Å². The SMILES string of the molecule is C[C@@H]1OC(S)[C@H](OCc2ccccc2)[C@H](OCc2ccccc2)[C@H]1OCc1ccccc1. The second-order valence-corrected chi connectivity index (χ2v) is 8.52. The van der Waals surface area contributed by atoms with Crippen LogP contribution in [-0.2, 0) is 38.8 Å². The molecule has 1 aliphatic heterocycles. The van der Waals surface area contributed by atoms with Crippen LogP contribution in [0.1, 0.15) is 23.6 Å². The number of ether oxygens (including phenoxy) is 4. The second-order valence-electron chi connectivity index (χ2n) is 8.02. The van der Waals surface area contributed by atoms with Gasteiger partial charge in [0.05, 0.1) is 25.9 Å². The van der Waals surface area contributed by atoms with Crippen molar-refractivity contribution in [3.8, 4) is 0 Å². The summed E-state index contributed by atoms with van der Waals surface area (Å²) in [5.41, 5.74) is 2.89. The Balaban J connectivity index is 1.50. The Kier molecular flexibility index (Phi) is 8.37. The van der Waals surface area contributed by atoms with Crippen LogP contribution in [0.3, 0.4) is 0 Å². The molecule has 0 aliphatic carbocycles. The summed E-state index contributed by atoms with van der Waals surface area (Å²) >= 11 is 4.70. The molecule has 5 atom stereocenters. The molecule has 0 aromatic heterocycles. The van der Waals surface area contributed by atoms with Gasteiger partial charge in [0.25, 0.3) is 0 Å². The third-order valence-corrected chi connectivity index (χ3v) is 6.02. The Morgan fingerprint density at radius 2 is 0.969 bits per heavy atom. The molecule has 0 bridgehead atoms. The lowest BCUT2D eigenvalue weighted by Gasteiger charge is -2.44. The summed E-state index contributed by atoms with van der Waals surface area (Å²) in [7, 11) is 0. The van der Waals surface area contributed by atoms with Crippen LogP contribution in [0.15, 0.2) is 91.0 Å². The number of hydrogen-bond acceptors (Lipinski definition) is 5. The van der Waals surface area contributed by atoms with Gasteiger partial charge in [0.15, 0.2) is 0 Å². The molecule has 0 amide bonds. The molecule has 1 aliphatic rings. The highest BCUT2D eigenvalue weighted by atomic mass is 32.1. The van der Waals surface area contributed by atoms with Gasteiger partial charge >= 0.3 is 0 Å². The van der Waals surface area contributed by atoms with Crippen molar-refractivity contribution < 1.29 is 18.9 Å². The van der Waals surface area contributed by atoms with Crippen LogP contribution in [0, 0.1) is 0 Å². The van der Waals surface area contributed by atoms with E-state index in [0.29, 0.717) is 19.8 Å². The topological polar surface area (TPSA) is 36.9 Å². The molecule has 1 heterocycles. The van der Waals surface area contributed by atoms with Crippen molar-refractivity contribution in [1.29, 1.82) is 0 Å². The minimum Gasteiger partial charge on any atom is -0.368 e. The molecule has 1 saturated heterocycles. The van der Waals surface area contributed by atoms with Crippen LogP contribution in [0.5, 0.6) is 0 Å². The Bertz CT molecular complexity index is 867. The minimum atomic E-state index is -0.411. The average Bonchev–Trinajstić information content (AvgIpc) is 2.83. The molecule has 3 aromatic rings. The lowest BCUT2D eigenvalue weighted by molar-refractivity contribution is -0.242. The Labute approximate surface area is 195 Å². The highest BCUT2D eigenvalue weighted by molar-refractivity contribution is 7.80. The van der Waals surface area contributed by atoms with E-state index >= 15 is 0 Å². The van der Waals surface area contributed by atoms with Crippen molar-refractivity contribution in [2.75, 3.05) is 0 Å². The number of hydrogen-bond donors (Lipinski definition) is 1. The van der Waals surface area contributed by atoms with Crippen LogP contribution in [0.2, 0.25) is 0 Å². The van der Waals surface area contributed by atoms with Gasteiger partial charge in [0.1, 0.15) is 23.7 Å². The van der Waals surface area contributed by atoms with E-state index in [2.05, 4.69) is 24.3 Å². The Morgan fingerprint density at radius 1 is 0.594 bits per heavy atom. The molecule has 168 valence electrons. The fourth-order valence-corrected chi connectivity index (χ4v) is 4.34. The van der Waals surface area contributed by atoms with Crippen molar-refractivity contribution in [3.63, 3.8) is 0 Å². The first-order valence-corrected chi connectivity index (χ1v) is 11.5. The van der Waals surface area contributed by atoms with Gasteiger partial charge < -0.3 is 18.9 Å². The van der Waals surface area contributed by atoms with Crippen molar-refractivity contribution in [3.05, 3.63) is 108 Å². The standard InChI is InChI=1S/C27H30O4S/c1-20-24(28-17-21-11-5-2-6-12-21)25(29-18-22-13-7-3-8-14-22)26(27(32)31-20)30-19-23-15-9-4-10-16-23/h2-16,20,24-27,32H,17-19H2,1H3/t20-,24-,25+,26+,27?/m0/s1. The lowest BCUT2D eigenvalue weighted by Crippen LogP contribution is -2.57. The van der Waals surface area contributed by atoms with Gasteiger partial charge in [-0.25, -0.2) is 0 Å². The summed E-state index contributed by atoms with van der Waals surface area (Å²) < 4.78 is 25.2. The van der Waals surface area contributed by atoms with E-state index < -0.39 is 5.44 Å². The van der Waals surface area contributed by atoms with Crippen LogP contribution in [0.4, 0.5) is 0 Å². The van der Waals surface area contributed by atoms with Gasteiger partial charge in [-0.1, -0.05) is 91.0 Å². The normalized spacial score (nSPS) is 25.5. The van der Waals surface area contributed by atoms with E-state index in [0.717, 1.165) is 16.7 Å². The van der Waals surface area contributed by atoms with E-state index in [9.17, 15) is 0 Å². The Morgan fingerprint density at radius 3 is 1.41 bits per heavy atom. The average molecular weight is 451 g/mol. The van der Waals surface area contributed by atoms with Gasteiger partial charge in [0, 0.05) is 0 Å². The van der Waals surface area contributed by atoms with Gasteiger partial charge in [-0.15, -0.1) is 12.6 Å². The van der Waals surface area contributed by atoms with Crippen molar-refractivity contribution in [2.45, 2.75) is 56.6 Å². The highest BCUT2D eigenvalue weighted by Gasteiger charge is 2.45. The lowest BCUT2D eigenvalue weighted by atomic mass is 9.99. The fraction of sp³-hybridized carbons (Fsp3) is 0.333. The fourth-order valence-electron chi connectivity index (χ4n) is 3.89. The minimum absolute atomic E-state index is 0.182. The predicted octanol–water partition coefficient (Wildman–Crippen LogP) is 5.42. The van der Waals surface area contributed by atoms with Gasteiger partial charge in [0.2, 0.25) is 0 Å². The van der Waals surface area contributed by atoms with E-state index in [1.807, 2.05) is 73.7 Å². The first-order chi connectivity index (χ1) is 15.7. The van der Waals surface area contributed by atoms with E-state index in [1.54, 1.807) is 0 Å². The van der Waals surface area contributed by atoms with Gasteiger partial charge in [-0.05, 0) is 23.6 Å². The van der Waals surface area contributed by atoms with Crippen LogP contribution < -0.4 is 0 Å². The van der Waals surface area contributed by atoms with E-state index in [4.69, 9.17) is 31.6 Å². The molecule has 1 unspecified atom stereocenters. The predicted molar refractivity (Wildman–Crippen MR) is 128 cm³/mol. The molecule has 4 nitrogen and oxygen atoms in total. The molecule has 5 heteroatoms. The summed E-state index contributed by atoms with van der Waals surface area (Å²) in [6.45, 7) is 3.41. The maximum atomic E-state index is 6.43. The monoisotopic (exact) mass is 450 g/mol. The van der Waals surface area contributed by atoms with Crippen molar-refractivity contribution in [1.82, 2.24) is 0 Å². The van der Waals surface area contributed by atoms with Gasteiger partial charge in [-0.3, -0.25) is 0 Å². The van der Waals surface area contributed by atoms with Crippen molar-refractivity contribution >= 4 is 12.6 Å². The van der Waals surface area contributed by atoms with Crippen LogP contribution >= 0.6 is 12.6 Å². The number of benzene rings is 3. The van der Waals surface area contributed by atoms with E-state index in [-0.39, 0.29) is 24.4 Å². The number of thiol groups is 1. The molecule has 0 saturated carbocycles. The zero-order chi connectivity index (χ0) is 22.2. The van der Waals surface area contributed by atoms with Crippen LogP contribution in [0.25, 0.3) is 0 Å². The molecular weight excluding hydrogens is 420 g/mol. The summed E-state index contributed by atoms with van der Waals surface area (Å²) in [5.74, 6) is 0. The zero-order valence-corrected chi connectivity index (χ0v) is 19.1. The van der Waals surface area contributed by atoms with Crippen LogP contribution in [-0.4, -0.2) is 29.9 Å². The zero-order valence-electron chi connectivity index (χ0n) is 18.2. The van der Waals surface area contributed by atoms with E-state index in [1.165, 1.54) is 0 Å². The molecule has 0 radical (unpaired) electrons. The molecule has 0 spiro atoms. The number of rotatable bonds is 9. The summed E-state index contributed by atoms with van der Waals surface area (Å²) in [5, 5.41) is 0. The summed E-state index contributed by atoms with van der Waals surface area (Å²) in [4.78, 5) is 0. The third-order valence-electron chi connectivity index (χ3n) is 5.60. The molecular formula is C27H30O4S. The molecule has 3 aromatic carbocycles. The molecule has 1 fully saturated rings.